The summed E-state index contributed by atoms with van der Waals surface area (Å²) in [5.74, 6) is -0.894. The summed E-state index contributed by atoms with van der Waals surface area (Å²) < 4.78 is 25.8. The Bertz CT molecular complexity index is 401. The average molecular weight is 289 g/mol. The Morgan fingerprint density at radius 1 is 1.38 bits per heavy atom. The van der Waals surface area contributed by atoms with Gasteiger partial charge in [-0.3, -0.25) is 0 Å². The van der Waals surface area contributed by atoms with Gasteiger partial charge in [0.05, 0.1) is 0 Å². The fraction of sp³-hybridized carbons (Fsp3) is 0.538. The maximum absolute atomic E-state index is 13.0. The van der Waals surface area contributed by atoms with Gasteiger partial charge in [0, 0.05) is 4.83 Å². The highest BCUT2D eigenvalue weighted by Crippen LogP contribution is 2.55. The lowest BCUT2D eigenvalue weighted by Gasteiger charge is -2.11. The Kier molecular flexibility index (Phi) is 3.08. The van der Waals surface area contributed by atoms with Crippen LogP contribution in [0.5, 0.6) is 0 Å². The Morgan fingerprint density at radius 2 is 2.00 bits per heavy atom. The Labute approximate surface area is 103 Å². The van der Waals surface area contributed by atoms with E-state index in [0.717, 1.165) is 12.0 Å². The predicted octanol–water partition coefficient (Wildman–Crippen LogP) is 4.32. The van der Waals surface area contributed by atoms with Crippen molar-refractivity contribution in [1.29, 1.82) is 0 Å². The quantitative estimate of drug-likeness (QED) is 0.727. The molecule has 0 saturated heterocycles. The second-order valence-electron chi connectivity index (χ2n) is 5.27. The van der Waals surface area contributed by atoms with Crippen molar-refractivity contribution in [2.24, 2.45) is 11.3 Å². The SMILES string of the molecule is CC1(C)CC1C(Br)Cc1ccc(F)c(F)c1. The molecule has 2 unspecified atom stereocenters. The minimum Gasteiger partial charge on any atom is -0.204 e. The summed E-state index contributed by atoms with van der Waals surface area (Å²) in [4.78, 5) is 0.354. The summed E-state index contributed by atoms with van der Waals surface area (Å²) in [5.41, 5.74) is 1.25. The molecule has 0 aromatic heterocycles. The van der Waals surface area contributed by atoms with Crippen molar-refractivity contribution >= 4 is 15.9 Å². The Hall–Kier alpha value is -0.440. The van der Waals surface area contributed by atoms with E-state index in [2.05, 4.69) is 29.8 Å². The first-order chi connectivity index (χ1) is 7.40. The number of hydrogen-bond acceptors (Lipinski definition) is 0. The molecule has 1 aromatic rings. The third-order valence-electron chi connectivity index (χ3n) is 3.44. The van der Waals surface area contributed by atoms with E-state index in [4.69, 9.17) is 0 Å². The minimum absolute atomic E-state index is 0.354. The molecular weight excluding hydrogens is 274 g/mol. The van der Waals surface area contributed by atoms with Crippen LogP contribution in [0.2, 0.25) is 0 Å². The lowest BCUT2D eigenvalue weighted by molar-refractivity contribution is 0.505. The highest BCUT2D eigenvalue weighted by molar-refractivity contribution is 9.09. The van der Waals surface area contributed by atoms with Crippen LogP contribution >= 0.6 is 15.9 Å². The zero-order chi connectivity index (χ0) is 11.9. The van der Waals surface area contributed by atoms with Gasteiger partial charge in [0.1, 0.15) is 0 Å². The first kappa shape index (κ1) is 12.0. The molecule has 2 rings (SSSR count). The number of benzene rings is 1. The fourth-order valence-corrected chi connectivity index (χ4v) is 3.44. The van der Waals surface area contributed by atoms with E-state index in [9.17, 15) is 8.78 Å². The van der Waals surface area contributed by atoms with Crippen molar-refractivity contribution in [1.82, 2.24) is 0 Å². The molecule has 0 aliphatic heterocycles. The van der Waals surface area contributed by atoms with Crippen LogP contribution in [-0.2, 0) is 6.42 Å². The van der Waals surface area contributed by atoms with E-state index < -0.39 is 11.6 Å². The first-order valence-electron chi connectivity index (χ1n) is 5.48. The van der Waals surface area contributed by atoms with E-state index in [1.807, 2.05) is 0 Å². The van der Waals surface area contributed by atoms with Gasteiger partial charge in [-0.05, 0) is 41.9 Å². The number of alkyl halides is 1. The molecule has 1 saturated carbocycles. The molecule has 2 atom stereocenters. The van der Waals surface area contributed by atoms with Crippen LogP contribution in [0.25, 0.3) is 0 Å². The zero-order valence-corrected chi connectivity index (χ0v) is 11.0. The van der Waals surface area contributed by atoms with Gasteiger partial charge < -0.3 is 0 Å². The average Bonchev–Trinajstić information content (AvgIpc) is 2.82. The lowest BCUT2D eigenvalue weighted by atomic mass is 10.0. The molecule has 0 N–H and O–H groups in total. The maximum atomic E-state index is 13.0. The van der Waals surface area contributed by atoms with Gasteiger partial charge in [-0.25, -0.2) is 8.78 Å². The van der Waals surface area contributed by atoms with Crippen molar-refractivity contribution < 1.29 is 8.78 Å². The normalized spacial score (nSPS) is 24.2. The van der Waals surface area contributed by atoms with E-state index >= 15 is 0 Å². The maximum Gasteiger partial charge on any atom is 0.159 e. The summed E-state index contributed by atoms with van der Waals surface area (Å²) in [6, 6.07) is 4.14. The van der Waals surface area contributed by atoms with Gasteiger partial charge in [-0.1, -0.05) is 35.8 Å². The molecule has 0 spiro atoms. The van der Waals surface area contributed by atoms with Gasteiger partial charge in [0.2, 0.25) is 0 Å². The summed E-state index contributed by atoms with van der Waals surface area (Å²) in [7, 11) is 0. The van der Waals surface area contributed by atoms with Gasteiger partial charge in [-0.2, -0.15) is 0 Å². The third-order valence-corrected chi connectivity index (χ3v) is 4.40. The Balaban J connectivity index is 2.02. The minimum atomic E-state index is -0.776. The molecule has 1 aromatic carbocycles. The van der Waals surface area contributed by atoms with Gasteiger partial charge in [0.25, 0.3) is 0 Å². The van der Waals surface area contributed by atoms with Crippen LogP contribution in [0.1, 0.15) is 25.8 Å². The number of halogens is 3. The van der Waals surface area contributed by atoms with Crippen LogP contribution in [0, 0.1) is 23.0 Å². The summed E-state index contributed by atoms with van der Waals surface area (Å²) in [6.45, 7) is 4.47. The van der Waals surface area contributed by atoms with Crippen molar-refractivity contribution in [2.75, 3.05) is 0 Å². The van der Waals surface area contributed by atoms with Crippen LogP contribution in [0.3, 0.4) is 0 Å². The van der Waals surface area contributed by atoms with Crippen molar-refractivity contribution in [3.8, 4) is 0 Å². The third kappa shape index (κ3) is 2.45. The second kappa shape index (κ2) is 4.10. The molecule has 0 bridgehead atoms. The van der Waals surface area contributed by atoms with Gasteiger partial charge >= 0.3 is 0 Å². The van der Waals surface area contributed by atoms with Gasteiger partial charge in [0.15, 0.2) is 11.6 Å². The van der Waals surface area contributed by atoms with Crippen LogP contribution in [-0.4, -0.2) is 4.83 Å². The largest absolute Gasteiger partial charge is 0.204 e. The lowest BCUT2D eigenvalue weighted by Crippen LogP contribution is -2.09. The molecule has 0 nitrogen and oxygen atoms in total. The van der Waals surface area contributed by atoms with Crippen molar-refractivity contribution in [3.63, 3.8) is 0 Å². The van der Waals surface area contributed by atoms with Gasteiger partial charge in [-0.15, -0.1) is 0 Å². The first-order valence-corrected chi connectivity index (χ1v) is 6.40. The second-order valence-corrected chi connectivity index (χ2v) is 6.44. The molecule has 88 valence electrons. The number of hydrogen-bond donors (Lipinski definition) is 0. The predicted molar refractivity (Wildman–Crippen MR) is 64.7 cm³/mol. The standard InChI is InChI=1S/C13H15BrF2/c1-13(2)7-9(13)10(14)5-8-3-4-11(15)12(16)6-8/h3-4,6,9-10H,5,7H2,1-2H3. The summed E-state index contributed by atoms with van der Waals surface area (Å²) in [6.07, 6.45) is 1.96. The molecule has 0 amide bonds. The molecular formula is C13H15BrF2. The zero-order valence-electron chi connectivity index (χ0n) is 9.43. The molecule has 1 aliphatic rings. The highest BCUT2D eigenvalue weighted by Gasteiger charge is 2.49. The smallest absolute Gasteiger partial charge is 0.159 e. The summed E-state index contributed by atoms with van der Waals surface area (Å²) in [5, 5.41) is 0. The van der Waals surface area contributed by atoms with Crippen LogP contribution < -0.4 is 0 Å². The van der Waals surface area contributed by atoms with Crippen LogP contribution in [0.15, 0.2) is 18.2 Å². The van der Waals surface area contributed by atoms with E-state index in [1.54, 1.807) is 6.07 Å². The van der Waals surface area contributed by atoms with E-state index in [0.29, 0.717) is 16.2 Å². The van der Waals surface area contributed by atoms with Crippen molar-refractivity contribution in [2.45, 2.75) is 31.5 Å². The molecule has 0 radical (unpaired) electrons. The monoisotopic (exact) mass is 288 g/mol. The van der Waals surface area contributed by atoms with Crippen LogP contribution in [0.4, 0.5) is 8.78 Å². The summed E-state index contributed by atoms with van der Waals surface area (Å²) >= 11 is 3.64. The number of rotatable bonds is 3. The molecule has 3 heteroatoms. The van der Waals surface area contributed by atoms with E-state index in [1.165, 1.54) is 18.6 Å². The molecule has 1 fully saturated rings. The highest BCUT2D eigenvalue weighted by atomic mass is 79.9. The molecule has 16 heavy (non-hydrogen) atoms. The van der Waals surface area contributed by atoms with E-state index in [-0.39, 0.29) is 0 Å². The topological polar surface area (TPSA) is 0 Å². The molecule has 0 heterocycles. The fourth-order valence-electron chi connectivity index (χ4n) is 2.16. The van der Waals surface area contributed by atoms with Crippen molar-refractivity contribution in [3.05, 3.63) is 35.4 Å². The Morgan fingerprint density at radius 3 is 2.50 bits per heavy atom. The molecule has 1 aliphatic carbocycles.